The summed E-state index contributed by atoms with van der Waals surface area (Å²) in [5.74, 6) is -0.604. The number of aryl methyl sites for hydroxylation is 1. The summed E-state index contributed by atoms with van der Waals surface area (Å²) < 4.78 is 15.3. The molecule has 0 saturated heterocycles. The molecule has 0 bridgehead atoms. The van der Waals surface area contributed by atoms with Crippen LogP contribution in [0.15, 0.2) is 96.3 Å². The second kappa shape index (κ2) is 9.50. The number of allylic oxidation sites excluding steroid dienone is 1. The minimum Gasteiger partial charge on any atom is -0.343 e. The molecule has 8 heteroatoms. The SMILES string of the molecule is CC1=C(C(=O)Nc2ccccc2)C(c2ccc(F)cc2)n2ncc(C(=O)Nc3ccc(C)cc3)c2N1. The maximum Gasteiger partial charge on any atom is 0.261 e. The van der Waals surface area contributed by atoms with Gasteiger partial charge >= 0.3 is 0 Å². The Morgan fingerprint density at radius 3 is 2.19 bits per heavy atom. The van der Waals surface area contributed by atoms with Crippen LogP contribution in [0.1, 0.15) is 34.5 Å². The standard InChI is InChI=1S/C28H24FN5O2/c1-17-8-14-22(15-9-17)32-27(35)23-16-30-34-25(19-10-12-20(29)13-11-19)24(18(2)31-26(23)34)28(36)33-21-6-4-3-5-7-21/h3-16,25,31H,1-2H3,(H,32,35)(H,33,36). The van der Waals surface area contributed by atoms with E-state index in [9.17, 15) is 14.0 Å². The van der Waals surface area contributed by atoms with E-state index in [1.165, 1.54) is 18.3 Å². The van der Waals surface area contributed by atoms with Gasteiger partial charge in [-0.25, -0.2) is 9.07 Å². The minimum atomic E-state index is -0.675. The lowest BCUT2D eigenvalue weighted by Crippen LogP contribution is -2.32. The molecular weight excluding hydrogens is 457 g/mol. The maximum atomic E-state index is 13.7. The molecule has 0 aliphatic carbocycles. The van der Waals surface area contributed by atoms with Crippen LogP contribution in [-0.4, -0.2) is 21.6 Å². The third kappa shape index (κ3) is 4.48. The van der Waals surface area contributed by atoms with Crippen LogP contribution in [0.4, 0.5) is 21.6 Å². The lowest BCUT2D eigenvalue weighted by molar-refractivity contribution is -0.113. The second-order valence-corrected chi connectivity index (χ2v) is 8.61. The van der Waals surface area contributed by atoms with E-state index < -0.39 is 6.04 Å². The number of hydrogen-bond acceptors (Lipinski definition) is 4. The summed E-state index contributed by atoms with van der Waals surface area (Å²) in [6.45, 7) is 3.74. The smallest absolute Gasteiger partial charge is 0.261 e. The Hall–Kier alpha value is -4.72. The molecule has 1 unspecified atom stereocenters. The Morgan fingerprint density at radius 2 is 1.50 bits per heavy atom. The van der Waals surface area contributed by atoms with E-state index in [0.29, 0.717) is 39.6 Å². The summed E-state index contributed by atoms with van der Waals surface area (Å²) >= 11 is 0. The maximum absolute atomic E-state index is 13.7. The molecular formula is C28H24FN5O2. The molecule has 0 saturated carbocycles. The summed E-state index contributed by atoms with van der Waals surface area (Å²) in [6, 6.07) is 21.8. The number of fused-ring (bicyclic) bond motifs is 1. The molecule has 180 valence electrons. The van der Waals surface area contributed by atoms with E-state index in [-0.39, 0.29) is 17.6 Å². The Labute approximate surface area is 207 Å². The van der Waals surface area contributed by atoms with Crippen LogP contribution >= 0.6 is 0 Å². The second-order valence-electron chi connectivity index (χ2n) is 8.61. The predicted molar refractivity (Wildman–Crippen MR) is 137 cm³/mol. The van der Waals surface area contributed by atoms with E-state index in [1.807, 2.05) is 49.4 Å². The highest BCUT2D eigenvalue weighted by Crippen LogP contribution is 2.38. The molecule has 0 fully saturated rings. The van der Waals surface area contributed by atoms with E-state index in [2.05, 4.69) is 21.0 Å². The molecule has 3 aromatic carbocycles. The van der Waals surface area contributed by atoms with Crippen LogP contribution in [0, 0.1) is 12.7 Å². The molecule has 7 nitrogen and oxygen atoms in total. The first-order valence-corrected chi connectivity index (χ1v) is 11.5. The van der Waals surface area contributed by atoms with Crippen LogP contribution < -0.4 is 16.0 Å². The minimum absolute atomic E-state index is 0.324. The highest BCUT2D eigenvalue weighted by atomic mass is 19.1. The van der Waals surface area contributed by atoms with Gasteiger partial charge in [-0.15, -0.1) is 0 Å². The summed E-state index contributed by atoms with van der Waals surface area (Å²) in [7, 11) is 0. The third-order valence-corrected chi connectivity index (χ3v) is 6.04. The van der Waals surface area contributed by atoms with Crippen LogP contribution in [-0.2, 0) is 4.79 Å². The number of aromatic nitrogens is 2. The number of para-hydroxylation sites is 1. The zero-order chi connectivity index (χ0) is 25.2. The van der Waals surface area contributed by atoms with Crippen LogP contribution in [0.3, 0.4) is 0 Å². The van der Waals surface area contributed by atoms with Crippen molar-refractivity contribution in [3.8, 4) is 0 Å². The Balaban J connectivity index is 1.53. The van der Waals surface area contributed by atoms with Crippen molar-refractivity contribution in [1.29, 1.82) is 0 Å². The number of nitrogens with zero attached hydrogens (tertiary/aromatic N) is 2. The van der Waals surface area contributed by atoms with Gasteiger partial charge in [-0.05, 0) is 55.8 Å². The van der Waals surface area contributed by atoms with Crippen molar-refractivity contribution in [3.05, 3.63) is 119 Å². The fourth-order valence-corrected chi connectivity index (χ4v) is 4.22. The number of anilines is 3. The van der Waals surface area contributed by atoms with Gasteiger partial charge in [0.25, 0.3) is 11.8 Å². The lowest BCUT2D eigenvalue weighted by Gasteiger charge is -2.30. The van der Waals surface area contributed by atoms with Gasteiger partial charge < -0.3 is 16.0 Å². The number of carbonyl (C=O) groups excluding carboxylic acids is 2. The largest absolute Gasteiger partial charge is 0.343 e. The summed E-state index contributed by atoms with van der Waals surface area (Å²) in [5, 5.41) is 13.5. The third-order valence-electron chi connectivity index (χ3n) is 6.04. The molecule has 2 amide bonds. The fraction of sp³-hybridized carbons (Fsp3) is 0.107. The van der Waals surface area contributed by atoms with Crippen LogP contribution in [0.2, 0.25) is 0 Å². The van der Waals surface area contributed by atoms with Crippen molar-refractivity contribution >= 4 is 29.0 Å². The normalized spacial score (nSPS) is 14.6. The first kappa shape index (κ1) is 23.0. The van der Waals surface area contributed by atoms with Crippen molar-refractivity contribution in [2.45, 2.75) is 19.9 Å². The van der Waals surface area contributed by atoms with Crippen LogP contribution in [0.5, 0.6) is 0 Å². The van der Waals surface area contributed by atoms with E-state index in [4.69, 9.17) is 0 Å². The average Bonchev–Trinajstić information content (AvgIpc) is 3.29. The topological polar surface area (TPSA) is 88.0 Å². The quantitative estimate of drug-likeness (QED) is 0.351. The molecule has 5 rings (SSSR count). The number of nitrogens with one attached hydrogen (secondary N) is 3. The lowest BCUT2D eigenvalue weighted by atomic mass is 9.94. The van der Waals surface area contributed by atoms with Crippen molar-refractivity contribution in [2.24, 2.45) is 0 Å². The van der Waals surface area contributed by atoms with Crippen molar-refractivity contribution in [2.75, 3.05) is 16.0 Å². The number of amides is 2. The number of carbonyl (C=O) groups is 2. The molecule has 1 atom stereocenters. The zero-order valence-electron chi connectivity index (χ0n) is 19.7. The number of hydrogen-bond donors (Lipinski definition) is 3. The molecule has 1 aliphatic heterocycles. The number of benzene rings is 3. The molecule has 0 radical (unpaired) electrons. The van der Waals surface area contributed by atoms with Gasteiger partial charge in [-0.2, -0.15) is 5.10 Å². The molecule has 2 heterocycles. The molecule has 4 aromatic rings. The summed E-state index contributed by atoms with van der Waals surface area (Å²) in [6.07, 6.45) is 1.47. The highest BCUT2D eigenvalue weighted by molar-refractivity contribution is 6.09. The van der Waals surface area contributed by atoms with Crippen molar-refractivity contribution in [3.63, 3.8) is 0 Å². The van der Waals surface area contributed by atoms with E-state index in [0.717, 1.165) is 5.56 Å². The Kier molecular flexibility index (Phi) is 6.08. The average molecular weight is 482 g/mol. The zero-order valence-corrected chi connectivity index (χ0v) is 19.7. The Bertz CT molecular complexity index is 1460. The first-order chi connectivity index (χ1) is 17.4. The predicted octanol–water partition coefficient (Wildman–Crippen LogP) is 5.51. The van der Waals surface area contributed by atoms with Crippen molar-refractivity contribution in [1.82, 2.24) is 9.78 Å². The highest BCUT2D eigenvalue weighted by Gasteiger charge is 2.35. The fourth-order valence-electron chi connectivity index (χ4n) is 4.22. The molecule has 36 heavy (non-hydrogen) atoms. The van der Waals surface area contributed by atoms with Gasteiger partial charge in [0, 0.05) is 17.1 Å². The molecule has 3 N–H and O–H groups in total. The van der Waals surface area contributed by atoms with Gasteiger partial charge in [-0.3, -0.25) is 9.59 Å². The van der Waals surface area contributed by atoms with Gasteiger partial charge in [0.15, 0.2) is 0 Å². The van der Waals surface area contributed by atoms with Gasteiger partial charge in [0.1, 0.15) is 23.2 Å². The summed E-state index contributed by atoms with van der Waals surface area (Å²) in [4.78, 5) is 26.6. The monoisotopic (exact) mass is 481 g/mol. The number of halogens is 1. The van der Waals surface area contributed by atoms with Crippen LogP contribution in [0.25, 0.3) is 0 Å². The first-order valence-electron chi connectivity index (χ1n) is 11.5. The summed E-state index contributed by atoms with van der Waals surface area (Å²) in [5.41, 5.74) is 4.34. The Morgan fingerprint density at radius 1 is 0.861 bits per heavy atom. The molecule has 1 aromatic heterocycles. The van der Waals surface area contributed by atoms with Gasteiger partial charge in [-0.1, -0.05) is 48.0 Å². The molecule has 0 spiro atoms. The van der Waals surface area contributed by atoms with E-state index in [1.54, 1.807) is 35.9 Å². The van der Waals surface area contributed by atoms with Gasteiger partial charge in [0.2, 0.25) is 0 Å². The molecule has 1 aliphatic rings. The van der Waals surface area contributed by atoms with Crippen molar-refractivity contribution < 1.29 is 14.0 Å². The number of rotatable bonds is 5. The van der Waals surface area contributed by atoms with E-state index >= 15 is 0 Å². The van der Waals surface area contributed by atoms with Gasteiger partial charge in [0.05, 0.1) is 11.8 Å².